The molecule has 7 heteroatoms. The molecular weight excluding hydrogens is 322 g/mol. The van der Waals surface area contributed by atoms with Crippen molar-refractivity contribution in [2.24, 2.45) is 0 Å². The predicted octanol–water partition coefficient (Wildman–Crippen LogP) is 2.34. The van der Waals surface area contributed by atoms with Gasteiger partial charge < -0.3 is 19.1 Å². The van der Waals surface area contributed by atoms with Crippen LogP contribution in [-0.4, -0.2) is 53.9 Å². The number of thiocarbonyl (C=S) groups is 1. The van der Waals surface area contributed by atoms with Gasteiger partial charge in [-0.15, -0.1) is 11.8 Å². The number of carbonyl (C=O) groups excluding carboxylic acids is 1. The average molecular weight is 341 g/mol. The number of methoxy groups -OCH3 is 1. The number of amides is 1. The van der Waals surface area contributed by atoms with E-state index >= 15 is 0 Å². The van der Waals surface area contributed by atoms with Crippen LogP contribution in [0.4, 0.5) is 0 Å². The lowest BCUT2D eigenvalue weighted by atomic mass is 10.3. The van der Waals surface area contributed by atoms with Crippen LogP contribution in [-0.2, 0) is 9.53 Å². The maximum Gasteiger partial charge on any atom is 0.261 e. The molecule has 0 N–H and O–H groups in total. The Morgan fingerprint density at radius 3 is 2.68 bits per heavy atom. The van der Waals surface area contributed by atoms with Gasteiger partial charge in [0.05, 0.1) is 7.11 Å². The Morgan fingerprint density at radius 2 is 2.05 bits per heavy atom. The Kier molecular flexibility index (Phi) is 6.33. The monoisotopic (exact) mass is 341 g/mol. The van der Waals surface area contributed by atoms with Crippen molar-refractivity contribution in [1.82, 2.24) is 4.90 Å². The smallest absolute Gasteiger partial charge is 0.261 e. The Hall–Kier alpha value is -1.47. The van der Waals surface area contributed by atoms with Gasteiger partial charge in [-0.1, -0.05) is 0 Å². The summed E-state index contributed by atoms with van der Waals surface area (Å²) in [4.78, 5) is 13.9. The van der Waals surface area contributed by atoms with Crippen LogP contribution in [0.15, 0.2) is 24.3 Å². The van der Waals surface area contributed by atoms with E-state index < -0.39 is 0 Å². The van der Waals surface area contributed by atoms with Gasteiger partial charge in [-0.2, -0.15) is 0 Å². The van der Waals surface area contributed by atoms with Gasteiger partial charge in [-0.3, -0.25) is 4.79 Å². The lowest BCUT2D eigenvalue weighted by Crippen LogP contribution is -2.40. The van der Waals surface area contributed by atoms with E-state index in [2.05, 4.69) is 0 Å². The van der Waals surface area contributed by atoms with Gasteiger partial charge in [-0.05, 0) is 36.5 Å². The summed E-state index contributed by atoms with van der Waals surface area (Å²) in [6, 6.07) is 7.39. The SMILES string of the molecule is COc1ccc(OC[C@@H]2SCCN2C(=O)COC(C)=S)cc1. The highest BCUT2D eigenvalue weighted by molar-refractivity contribution is 8.00. The zero-order chi connectivity index (χ0) is 15.9. The van der Waals surface area contributed by atoms with E-state index in [1.807, 2.05) is 24.3 Å². The van der Waals surface area contributed by atoms with Gasteiger partial charge in [0.15, 0.2) is 11.7 Å². The molecule has 0 aromatic heterocycles. The van der Waals surface area contributed by atoms with Crippen molar-refractivity contribution in [1.29, 1.82) is 0 Å². The summed E-state index contributed by atoms with van der Waals surface area (Å²) in [5.74, 6) is 2.38. The van der Waals surface area contributed by atoms with Crippen LogP contribution in [0, 0.1) is 0 Å². The second-order valence-corrected chi connectivity index (χ2v) is 6.54. The van der Waals surface area contributed by atoms with Crippen molar-refractivity contribution >= 4 is 34.9 Å². The first-order chi connectivity index (χ1) is 10.6. The zero-order valence-electron chi connectivity index (χ0n) is 12.6. The molecule has 2 rings (SSSR count). The zero-order valence-corrected chi connectivity index (χ0v) is 14.2. The van der Waals surface area contributed by atoms with Crippen LogP contribution in [0.2, 0.25) is 0 Å². The largest absolute Gasteiger partial charge is 0.497 e. The second kappa shape index (κ2) is 8.24. The first kappa shape index (κ1) is 16.9. The fraction of sp³-hybridized carbons (Fsp3) is 0.467. The number of hydrogen-bond donors (Lipinski definition) is 0. The average Bonchev–Trinajstić information content (AvgIpc) is 2.99. The maximum atomic E-state index is 12.1. The quantitative estimate of drug-likeness (QED) is 0.740. The highest BCUT2D eigenvalue weighted by atomic mass is 32.2. The highest BCUT2D eigenvalue weighted by Gasteiger charge is 2.30. The standard InChI is InChI=1S/C15H19NO4S2/c1-11(21)19-9-14(17)16-7-8-22-15(16)10-20-13-5-3-12(18-2)4-6-13/h3-6,15H,7-10H2,1-2H3/t15-/m0/s1. The van der Waals surface area contributed by atoms with Crippen LogP contribution in [0.25, 0.3) is 0 Å². The number of rotatable bonds is 6. The van der Waals surface area contributed by atoms with Crippen LogP contribution in [0.3, 0.4) is 0 Å². The van der Waals surface area contributed by atoms with Gasteiger partial charge >= 0.3 is 0 Å². The van der Waals surface area contributed by atoms with Crippen molar-refractivity contribution in [3.05, 3.63) is 24.3 Å². The van der Waals surface area contributed by atoms with Crippen LogP contribution in [0.1, 0.15) is 6.92 Å². The molecule has 1 fully saturated rings. The lowest BCUT2D eigenvalue weighted by Gasteiger charge is -2.23. The predicted molar refractivity (Wildman–Crippen MR) is 90.7 cm³/mol. The minimum absolute atomic E-state index is 0.00336. The van der Waals surface area contributed by atoms with Crippen molar-refractivity contribution in [3.8, 4) is 11.5 Å². The van der Waals surface area contributed by atoms with Crippen molar-refractivity contribution in [2.45, 2.75) is 12.3 Å². The molecule has 1 aromatic rings. The number of nitrogens with zero attached hydrogens (tertiary/aromatic N) is 1. The molecule has 1 aliphatic heterocycles. The van der Waals surface area contributed by atoms with Crippen molar-refractivity contribution < 1.29 is 19.0 Å². The van der Waals surface area contributed by atoms with E-state index in [1.165, 1.54) is 0 Å². The Balaban J connectivity index is 1.85. The molecule has 0 saturated carbocycles. The molecule has 0 spiro atoms. The third-order valence-corrected chi connectivity index (χ3v) is 4.47. The van der Waals surface area contributed by atoms with E-state index in [9.17, 15) is 4.79 Å². The molecule has 0 bridgehead atoms. The van der Waals surface area contributed by atoms with Gasteiger partial charge in [0.2, 0.25) is 0 Å². The summed E-state index contributed by atoms with van der Waals surface area (Å²) in [7, 11) is 1.62. The van der Waals surface area contributed by atoms with E-state index in [4.69, 9.17) is 26.4 Å². The topological polar surface area (TPSA) is 48.0 Å². The summed E-state index contributed by atoms with van der Waals surface area (Å²) in [6.07, 6.45) is 0. The minimum Gasteiger partial charge on any atom is -0.497 e. The summed E-state index contributed by atoms with van der Waals surface area (Å²) < 4.78 is 16.0. The molecule has 1 aliphatic rings. The molecule has 120 valence electrons. The van der Waals surface area contributed by atoms with Crippen LogP contribution >= 0.6 is 24.0 Å². The van der Waals surface area contributed by atoms with E-state index in [1.54, 1.807) is 30.7 Å². The first-order valence-electron chi connectivity index (χ1n) is 6.91. The second-order valence-electron chi connectivity index (χ2n) is 4.68. The van der Waals surface area contributed by atoms with E-state index in [0.29, 0.717) is 18.2 Å². The van der Waals surface area contributed by atoms with Gasteiger partial charge in [-0.25, -0.2) is 0 Å². The first-order valence-corrected chi connectivity index (χ1v) is 8.37. The van der Waals surface area contributed by atoms with Crippen molar-refractivity contribution in [3.63, 3.8) is 0 Å². The molecule has 1 amide bonds. The molecular formula is C15H19NO4S2. The summed E-state index contributed by atoms with van der Waals surface area (Å²) >= 11 is 6.53. The summed E-state index contributed by atoms with van der Waals surface area (Å²) in [5.41, 5.74) is 0. The van der Waals surface area contributed by atoms with E-state index in [0.717, 1.165) is 17.3 Å². The van der Waals surface area contributed by atoms with Gasteiger partial charge in [0.25, 0.3) is 5.91 Å². The summed E-state index contributed by atoms with van der Waals surface area (Å²) in [5, 5.41) is 0.384. The Morgan fingerprint density at radius 1 is 1.36 bits per heavy atom. The van der Waals surface area contributed by atoms with Crippen LogP contribution < -0.4 is 9.47 Å². The molecule has 0 aliphatic carbocycles. The number of benzene rings is 1. The molecule has 0 radical (unpaired) electrons. The third kappa shape index (κ3) is 4.78. The molecule has 5 nitrogen and oxygen atoms in total. The summed E-state index contributed by atoms with van der Waals surface area (Å²) in [6.45, 7) is 2.81. The molecule has 22 heavy (non-hydrogen) atoms. The van der Waals surface area contributed by atoms with Gasteiger partial charge in [0.1, 0.15) is 23.5 Å². The number of ether oxygens (including phenoxy) is 3. The fourth-order valence-corrected chi connectivity index (χ4v) is 3.23. The van der Waals surface area contributed by atoms with Crippen LogP contribution in [0.5, 0.6) is 11.5 Å². The highest BCUT2D eigenvalue weighted by Crippen LogP contribution is 2.25. The third-order valence-electron chi connectivity index (χ3n) is 3.16. The fourth-order valence-electron chi connectivity index (χ4n) is 2.03. The molecule has 1 heterocycles. The number of carbonyl (C=O) groups is 1. The van der Waals surface area contributed by atoms with Gasteiger partial charge in [0, 0.05) is 19.2 Å². The molecule has 0 unspecified atom stereocenters. The lowest BCUT2D eigenvalue weighted by molar-refractivity contribution is -0.134. The Labute approximate surface area is 139 Å². The maximum absolute atomic E-state index is 12.1. The molecule has 1 aromatic carbocycles. The molecule has 1 atom stereocenters. The van der Waals surface area contributed by atoms with E-state index in [-0.39, 0.29) is 17.9 Å². The molecule has 1 saturated heterocycles. The number of thioether (sulfide) groups is 1. The van der Waals surface area contributed by atoms with Crippen molar-refractivity contribution in [2.75, 3.05) is 32.6 Å². The Bertz CT molecular complexity index is 521. The normalized spacial score (nSPS) is 17.2. The minimum atomic E-state index is -0.0578. The number of hydrogen-bond acceptors (Lipinski definition) is 6.